The van der Waals surface area contributed by atoms with Crippen molar-refractivity contribution in [2.24, 2.45) is 0 Å². The molecule has 0 spiro atoms. The van der Waals surface area contributed by atoms with Crippen molar-refractivity contribution in [3.8, 4) is 0 Å². The second kappa shape index (κ2) is 6.20. The predicted molar refractivity (Wildman–Crippen MR) is 99.4 cm³/mol. The molecule has 0 radical (unpaired) electrons. The Labute approximate surface area is 154 Å². The summed E-state index contributed by atoms with van der Waals surface area (Å²) < 4.78 is 2.59. The zero-order valence-electron chi connectivity index (χ0n) is 12.8. The molecule has 0 N–H and O–H groups in total. The van der Waals surface area contributed by atoms with Crippen molar-refractivity contribution >= 4 is 40.1 Å². The van der Waals surface area contributed by atoms with Crippen LogP contribution in [-0.2, 0) is 12.8 Å². The lowest BCUT2D eigenvalue weighted by Gasteiger charge is -2.28. The van der Waals surface area contributed by atoms with Gasteiger partial charge in [0.2, 0.25) is 0 Å². The van der Waals surface area contributed by atoms with Gasteiger partial charge >= 0.3 is 0 Å². The molecule has 3 nitrogen and oxygen atoms in total. The summed E-state index contributed by atoms with van der Waals surface area (Å²) in [4.78, 5) is 13.2. The highest BCUT2D eigenvalue weighted by atomic mass is 127. The van der Waals surface area contributed by atoms with E-state index in [-0.39, 0.29) is 5.91 Å². The highest BCUT2D eigenvalue weighted by Gasteiger charge is 2.29. The van der Waals surface area contributed by atoms with E-state index in [9.17, 15) is 4.79 Å². The molecule has 5 heteroatoms. The molecule has 0 bridgehead atoms. The topological polar surface area (TPSA) is 34.9 Å². The van der Waals surface area contributed by atoms with Crippen molar-refractivity contribution in [3.63, 3.8) is 0 Å². The van der Waals surface area contributed by atoms with E-state index in [0.717, 1.165) is 47.1 Å². The molecule has 0 saturated heterocycles. The van der Waals surface area contributed by atoms with Crippen molar-refractivity contribution in [2.75, 3.05) is 0 Å². The van der Waals surface area contributed by atoms with Crippen molar-refractivity contribution < 1.29 is 4.79 Å². The molecule has 1 fully saturated rings. The predicted octanol–water partition coefficient (Wildman–Crippen LogP) is 4.98. The largest absolute Gasteiger partial charge is 0.280 e. The Kier molecular flexibility index (Phi) is 4.22. The summed E-state index contributed by atoms with van der Waals surface area (Å²) in [6.45, 7) is 0. The van der Waals surface area contributed by atoms with E-state index in [2.05, 4.69) is 33.8 Å². The summed E-state index contributed by atoms with van der Waals surface area (Å²) in [6, 6.07) is 5.83. The highest BCUT2D eigenvalue weighted by Crippen LogP contribution is 2.40. The first-order chi connectivity index (χ1) is 11.2. The quantitative estimate of drug-likeness (QED) is 0.618. The van der Waals surface area contributed by atoms with Gasteiger partial charge in [-0.2, -0.15) is 9.78 Å². The zero-order chi connectivity index (χ0) is 16.0. The van der Waals surface area contributed by atoms with Crippen molar-refractivity contribution in [3.05, 3.63) is 49.3 Å². The standard InChI is InChI=1S/C18H18ClIN2O/c19-14-9-4-8-12(11-5-3-6-11)16(14)18(23)22-15-10-2-1-7-13(15)17(20)21-22/h4,8-9,11H,1-3,5-7,10H2. The molecule has 2 aromatic rings. The van der Waals surface area contributed by atoms with Gasteiger partial charge in [-0.15, -0.1) is 0 Å². The summed E-state index contributed by atoms with van der Waals surface area (Å²) in [5, 5.41) is 5.10. The maximum atomic E-state index is 13.2. The Bertz CT molecular complexity index is 780. The second-order valence-corrected chi connectivity index (χ2v) is 7.90. The minimum absolute atomic E-state index is 0.0569. The van der Waals surface area contributed by atoms with Gasteiger partial charge in [-0.1, -0.05) is 30.2 Å². The minimum atomic E-state index is -0.0569. The van der Waals surface area contributed by atoms with E-state index in [4.69, 9.17) is 11.6 Å². The van der Waals surface area contributed by atoms with Crippen LogP contribution in [-0.4, -0.2) is 15.7 Å². The van der Waals surface area contributed by atoms with Crippen molar-refractivity contribution in [1.82, 2.24) is 9.78 Å². The van der Waals surface area contributed by atoms with Gasteiger partial charge in [0.05, 0.1) is 16.3 Å². The van der Waals surface area contributed by atoms with Crippen LogP contribution in [0.25, 0.3) is 0 Å². The first-order valence-corrected chi connectivity index (χ1v) is 9.72. The molecule has 1 saturated carbocycles. The van der Waals surface area contributed by atoms with Crippen LogP contribution in [0.4, 0.5) is 0 Å². The Balaban J connectivity index is 1.81. The number of rotatable bonds is 2. The molecule has 2 aliphatic carbocycles. The third-order valence-corrected chi connectivity index (χ3v) is 6.31. The molecule has 1 aromatic carbocycles. The summed E-state index contributed by atoms with van der Waals surface area (Å²) in [5.41, 5.74) is 4.10. The van der Waals surface area contributed by atoms with Crippen LogP contribution in [0.15, 0.2) is 18.2 Å². The Morgan fingerprint density at radius 3 is 2.74 bits per heavy atom. The molecule has 4 rings (SSSR count). The number of hydrogen-bond donors (Lipinski definition) is 0. The first kappa shape index (κ1) is 15.6. The van der Waals surface area contributed by atoms with Gasteiger partial charge in [0.25, 0.3) is 5.91 Å². The molecule has 1 heterocycles. The van der Waals surface area contributed by atoms with Crippen LogP contribution in [0.3, 0.4) is 0 Å². The van der Waals surface area contributed by atoms with Crippen LogP contribution in [0, 0.1) is 3.70 Å². The Hall–Kier alpha value is -0.880. The summed E-state index contributed by atoms with van der Waals surface area (Å²) in [6.07, 6.45) is 7.80. The molecule has 0 amide bonds. The van der Waals surface area contributed by atoms with Gasteiger partial charge in [0, 0.05) is 5.56 Å². The lowest BCUT2D eigenvalue weighted by Crippen LogP contribution is -2.22. The van der Waals surface area contributed by atoms with Gasteiger partial charge in [0.15, 0.2) is 0 Å². The maximum Gasteiger partial charge on any atom is 0.280 e. The fraction of sp³-hybridized carbons (Fsp3) is 0.444. The van der Waals surface area contributed by atoms with E-state index < -0.39 is 0 Å². The van der Waals surface area contributed by atoms with E-state index in [0.29, 0.717) is 16.5 Å². The number of halogens is 2. The first-order valence-electron chi connectivity index (χ1n) is 8.26. The zero-order valence-corrected chi connectivity index (χ0v) is 15.7. The summed E-state index contributed by atoms with van der Waals surface area (Å²) in [7, 11) is 0. The number of nitrogens with zero attached hydrogens (tertiary/aromatic N) is 2. The number of carbonyl (C=O) groups is 1. The Morgan fingerprint density at radius 1 is 1.22 bits per heavy atom. The van der Waals surface area contributed by atoms with E-state index >= 15 is 0 Å². The average Bonchev–Trinajstić information content (AvgIpc) is 2.83. The average molecular weight is 441 g/mol. The highest BCUT2D eigenvalue weighted by molar-refractivity contribution is 14.1. The summed E-state index contributed by atoms with van der Waals surface area (Å²) >= 11 is 8.67. The molecule has 23 heavy (non-hydrogen) atoms. The fourth-order valence-electron chi connectivity index (χ4n) is 3.65. The van der Waals surface area contributed by atoms with Gasteiger partial charge in [0.1, 0.15) is 3.70 Å². The second-order valence-electron chi connectivity index (χ2n) is 6.47. The third-order valence-electron chi connectivity index (χ3n) is 5.13. The molecule has 0 atom stereocenters. The maximum absolute atomic E-state index is 13.2. The van der Waals surface area contributed by atoms with E-state index in [1.165, 1.54) is 18.4 Å². The monoisotopic (exact) mass is 440 g/mol. The normalized spacial score (nSPS) is 17.7. The van der Waals surface area contributed by atoms with Crippen LogP contribution in [0.1, 0.15) is 65.2 Å². The van der Waals surface area contributed by atoms with Crippen LogP contribution < -0.4 is 0 Å². The molecular formula is C18H18ClIN2O. The number of hydrogen-bond acceptors (Lipinski definition) is 2. The minimum Gasteiger partial charge on any atom is -0.267 e. The van der Waals surface area contributed by atoms with Gasteiger partial charge < -0.3 is 0 Å². The SMILES string of the molecule is O=C(c1c(Cl)cccc1C1CCC1)n1nc(I)c2c1CCCC2. The lowest BCUT2D eigenvalue weighted by molar-refractivity contribution is 0.0938. The van der Waals surface area contributed by atoms with Crippen molar-refractivity contribution in [1.29, 1.82) is 0 Å². The third kappa shape index (κ3) is 2.64. The van der Waals surface area contributed by atoms with Crippen molar-refractivity contribution in [2.45, 2.75) is 50.9 Å². The van der Waals surface area contributed by atoms with Gasteiger partial charge in [-0.3, -0.25) is 4.79 Å². The van der Waals surface area contributed by atoms with E-state index in [1.807, 2.05) is 12.1 Å². The lowest BCUT2D eigenvalue weighted by atomic mass is 9.78. The molecule has 0 unspecified atom stereocenters. The van der Waals surface area contributed by atoms with Crippen LogP contribution in [0.5, 0.6) is 0 Å². The van der Waals surface area contributed by atoms with E-state index in [1.54, 1.807) is 4.68 Å². The number of fused-ring (bicyclic) bond motifs is 1. The molecule has 1 aromatic heterocycles. The number of benzene rings is 1. The molecule has 2 aliphatic rings. The Morgan fingerprint density at radius 2 is 2.00 bits per heavy atom. The molecular weight excluding hydrogens is 423 g/mol. The number of carbonyl (C=O) groups excluding carboxylic acids is 1. The van der Waals surface area contributed by atoms with Crippen LogP contribution in [0.2, 0.25) is 5.02 Å². The van der Waals surface area contributed by atoms with Gasteiger partial charge in [-0.05, 0) is 78.7 Å². The fourth-order valence-corrected chi connectivity index (χ4v) is 4.71. The summed E-state index contributed by atoms with van der Waals surface area (Å²) in [5.74, 6) is 0.414. The van der Waals surface area contributed by atoms with Gasteiger partial charge in [-0.25, -0.2) is 0 Å². The molecule has 0 aliphatic heterocycles. The smallest absolute Gasteiger partial charge is 0.267 e. The number of aromatic nitrogens is 2. The van der Waals surface area contributed by atoms with Crippen LogP contribution >= 0.6 is 34.2 Å². The molecule has 120 valence electrons.